The van der Waals surface area contributed by atoms with E-state index in [2.05, 4.69) is 29.2 Å². The normalized spacial score (nSPS) is 18.9. The van der Waals surface area contributed by atoms with E-state index in [4.69, 9.17) is 9.47 Å². The van der Waals surface area contributed by atoms with Crippen LogP contribution in [0.1, 0.15) is 5.56 Å². The van der Waals surface area contributed by atoms with Gasteiger partial charge in [-0.3, -0.25) is 14.6 Å². The Labute approximate surface area is 187 Å². The zero-order valence-electron chi connectivity index (χ0n) is 18.1. The molecule has 0 aromatic heterocycles. The molecule has 2 fully saturated rings. The van der Waals surface area contributed by atoms with E-state index in [1.807, 2.05) is 29.2 Å². The Balaban J connectivity index is 1.13. The van der Waals surface area contributed by atoms with Crippen LogP contribution in [0.4, 0.5) is 10.5 Å². The standard InChI is InChI=1S/C24H28N4O4/c29-23(26-10-8-25(9-11-26)17-19-4-2-1-3-5-19)18-27-12-13-28(24(27)30)20-6-7-21-22(16-20)32-15-14-31-21/h1-7,16H,8-15,17-18H2. The maximum Gasteiger partial charge on any atom is 0.325 e. The topological polar surface area (TPSA) is 65.6 Å². The van der Waals surface area contributed by atoms with Crippen molar-refractivity contribution in [2.45, 2.75) is 6.54 Å². The van der Waals surface area contributed by atoms with E-state index in [9.17, 15) is 9.59 Å². The summed E-state index contributed by atoms with van der Waals surface area (Å²) in [6, 6.07) is 15.8. The number of fused-ring (bicyclic) bond motifs is 1. The Morgan fingerprint density at radius 1 is 0.844 bits per heavy atom. The van der Waals surface area contributed by atoms with Gasteiger partial charge in [-0.15, -0.1) is 0 Å². The van der Waals surface area contributed by atoms with Crippen molar-refractivity contribution >= 4 is 17.6 Å². The molecule has 168 valence electrons. The number of ether oxygens (including phenoxy) is 2. The molecule has 0 radical (unpaired) electrons. The third-order valence-electron chi connectivity index (χ3n) is 6.23. The van der Waals surface area contributed by atoms with Crippen LogP contribution >= 0.6 is 0 Å². The Kier molecular flexibility index (Phi) is 5.85. The Morgan fingerprint density at radius 3 is 2.38 bits per heavy atom. The molecule has 8 nitrogen and oxygen atoms in total. The lowest BCUT2D eigenvalue weighted by Gasteiger charge is -2.35. The lowest BCUT2D eigenvalue weighted by atomic mass is 10.2. The van der Waals surface area contributed by atoms with Crippen LogP contribution in [-0.4, -0.2) is 85.7 Å². The van der Waals surface area contributed by atoms with Gasteiger partial charge >= 0.3 is 6.03 Å². The number of urea groups is 1. The average Bonchev–Trinajstić information content (AvgIpc) is 3.19. The van der Waals surface area contributed by atoms with Crippen molar-refractivity contribution in [2.24, 2.45) is 0 Å². The molecule has 5 rings (SSSR count). The van der Waals surface area contributed by atoms with Crippen LogP contribution in [0.15, 0.2) is 48.5 Å². The molecule has 0 bridgehead atoms. The summed E-state index contributed by atoms with van der Waals surface area (Å²) in [6.07, 6.45) is 0. The van der Waals surface area contributed by atoms with Crippen LogP contribution in [0.3, 0.4) is 0 Å². The van der Waals surface area contributed by atoms with Gasteiger partial charge in [-0.25, -0.2) is 4.79 Å². The first-order valence-corrected chi connectivity index (χ1v) is 11.2. The smallest absolute Gasteiger partial charge is 0.325 e. The molecule has 3 amide bonds. The minimum absolute atomic E-state index is 0.0155. The first-order valence-electron chi connectivity index (χ1n) is 11.2. The van der Waals surface area contributed by atoms with Crippen LogP contribution in [0.2, 0.25) is 0 Å². The van der Waals surface area contributed by atoms with E-state index in [1.165, 1.54) is 5.56 Å². The second kappa shape index (κ2) is 9.08. The summed E-state index contributed by atoms with van der Waals surface area (Å²) in [7, 11) is 0. The van der Waals surface area contributed by atoms with Crippen molar-refractivity contribution in [3.8, 4) is 11.5 Å². The van der Waals surface area contributed by atoms with E-state index < -0.39 is 0 Å². The summed E-state index contributed by atoms with van der Waals surface area (Å²) in [5.74, 6) is 1.37. The molecule has 0 unspecified atom stereocenters. The van der Waals surface area contributed by atoms with Crippen molar-refractivity contribution in [2.75, 3.05) is 63.9 Å². The molecule has 2 aromatic carbocycles. The SMILES string of the molecule is O=C(CN1CCN(c2ccc3c(c2)OCCO3)C1=O)N1CCN(Cc2ccccc2)CC1. The summed E-state index contributed by atoms with van der Waals surface area (Å²) >= 11 is 0. The Hall–Kier alpha value is -3.26. The number of rotatable bonds is 5. The van der Waals surface area contributed by atoms with Gasteiger partial charge in [0.1, 0.15) is 19.8 Å². The summed E-state index contributed by atoms with van der Waals surface area (Å²) in [5, 5.41) is 0. The van der Waals surface area contributed by atoms with Gasteiger partial charge in [0.05, 0.1) is 0 Å². The highest BCUT2D eigenvalue weighted by Crippen LogP contribution is 2.35. The highest BCUT2D eigenvalue weighted by Gasteiger charge is 2.33. The zero-order chi connectivity index (χ0) is 21.9. The number of hydrogen-bond donors (Lipinski definition) is 0. The van der Waals surface area contributed by atoms with Gasteiger partial charge in [-0.2, -0.15) is 0 Å². The van der Waals surface area contributed by atoms with Crippen molar-refractivity contribution in [1.29, 1.82) is 0 Å². The minimum Gasteiger partial charge on any atom is -0.486 e. The quantitative estimate of drug-likeness (QED) is 0.718. The van der Waals surface area contributed by atoms with Gasteiger partial charge in [0, 0.05) is 57.6 Å². The third-order valence-corrected chi connectivity index (χ3v) is 6.23. The molecule has 2 saturated heterocycles. The van der Waals surface area contributed by atoms with Crippen molar-refractivity contribution in [3.05, 3.63) is 54.1 Å². The summed E-state index contributed by atoms with van der Waals surface area (Å²) < 4.78 is 11.2. The van der Waals surface area contributed by atoms with Crippen LogP contribution < -0.4 is 14.4 Å². The predicted octanol–water partition coefficient (Wildman–Crippen LogP) is 2.04. The van der Waals surface area contributed by atoms with Gasteiger partial charge in [0.25, 0.3) is 0 Å². The largest absolute Gasteiger partial charge is 0.486 e. The third kappa shape index (κ3) is 4.36. The van der Waals surface area contributed by atoms with Gasteiger partial charge in [0.15, 0.2) is 11.5 Å². The number of amides is 3. The van der Waals surface area contributed by atoms with Crippen molar-refractivity contribution < 1.29 is 19.1 Å². The van der Waals surface area contributed by atoms with Gasteiger partial charge in [-0.05, 0) is 17.7 Å². The molecule has 0 atom stereocenters. The first-order chi connectivity index (χ1) is 15.7. The number of piperazine rings is 1. The van der Waals surface area contributed by atoms with Gasteiger partial charge in [-0.1, -0.05) is 30.3 Å². The lowest BCUT2D eigenvalue weighted by molar-refractivity contribution is -0.133. The molecule has 0 saturated carbocycles. The molecule has 3 aliphatic heterocycles. The first kappa shape index (κ1) is 20.6. The zero-order valence-corrected chi connectivity index (χ0v) is 18.1. The number of carbonyl (C=O) groups excluding carboxylic acids is 2. The highest BCUT2D eigenvalue weighted by atomic mass is 16.6. The minimum atomic E-state index is -0.141. The second-order valence-corrected chi connectivity index (χ2v) is 8.33. The number of hydrogen-bond acceptors (Lipinski definition) is 5. The van der Waals surface area contributed by atoms with Crippen LogP contribution in [0.5, 0.6) is 11.5 Å². The van der Waals surface area contributed by atoms with E-state index in [0.717, 1.165) is 25.3 Å². The fourth-order valence-corrected chi connectivity index (χ4v) is 4.43. The van der Waals surface area contributed by atoms with Crippen molar-refractivity contribution in [1.82, 2.24) is 14.7 Å². The number of benzene rings is 2. The van der Waals surface area contributed by atoms with Crippen LogP contribution in [0.25, 0.3) is 0 Å². The second-order valence-electron chi connectivity index (χ2n) is 8.33. The average molecular weight is 437 g/mol. The summed E-state index contributed by atoms with van der Waals surface area (Å²) in [6.45, 7) is 6.23. The van der Waals surface area contributed by atoms with Gasteiger partial charge < -0.3 is 19.3 Å². The molecule has 0 N–H and O–H groups in total. The van der Waals surface area contributed by atoms with E-state index in [-0.39, 0.29) is 18.5 Å². The van der Waals surface area contributed by atoms with E-state index >= 15 is 0 Å². The molecule has 0 spiro atoms. The monoisotopic (exact) mass is 436 g/mol. The lowest BCUT2D eigenvalue weighted by Crippen LogP contribution is -2.51. The summed E-state index contributed by atoms with van der Waals surface area (Å²) in [4.78, 5) is 33.4. The molecule has 3 aliphatic rings. The molecule has 0 aliphatic carbocycles. The molecule has 2 aromatic rings. The van der Waals surface area contributed by atoms with Crippen molar-refractivity contribution in [3.63, 3.8) is 0 Å². The predicted molar refractivity (Wildman–Crippen MR) is 120 cm³/mol. The maximum absolute atomic E-state index is 12.9. The molecule has 8 heteroatoms. The molecular formula is C24H28N4O4. The Bertz CT molecular complexity index is 975. The molecule has 32 heavy (non-hydrogen) atoms. The maximum atomic E-state index is 12.9. The molecule has 3 heterocycles. The highest BCUT2D eigenvalue weighted by molar-refractivity contribution is 5.96. The number of anilines is 1. The van der Waals surface area contributed by atoms with Crippen LogP contribution in [-0.2, 0) is 11.3 Å². The van der Waals surface area contributed by atoms with E-state index in [1.54, 1.807) is 9.80 Å². The van der Waals surface area contributed by atoms with Gasteiger partial charge in [0.2, 0.25) is 5.91 Å². The summed E-state index contributed by atoms with van der Waals surface area (Å²) in [5.41, 5.74) is 2.05. The fourth-order valence-electron chi connectivity index (χ4n) is 4.43. The van der Waals surface area contributed by atoms with Crippen LogP contribution in [0, 0.1) is 0 Å². The number of carbonyl (C=O) groups is 2. The Morgan fingerprint density at radius 2 is 1.59 bits per heavy atom. The fraction of sp³-hybridized carbons (Fsp3) is 0.417. The molecular weight excluding hydrogens is 408 g/mol. The van der Waals surface area contributed by atoms with E-state index in [0.29, 0.717) is 50.9 Å². The number of nitrogens with zero attached hydrogens (tertiary/aromatic N) is 4.